The first-order valence-corrected chi connectivity index (χ1v) is 6.61. The highest BCUT2D eigenvalue weighted by atomic mass is 15.3. The number of aryl methyl sites for hydroxylation is 1. The zero-order valence-corrected chi connectivity index (χ0v) is 10.8. The van der Waals surface area contributed by atoms with Crippen molar-refractivity contribution in [2.24, 2.45) is 5.73 Å². The summed E-state index contributed by atoms with van der Waals surface area (Å²) in [7, 11) is 0. The van der Waals surface area contributed by atoms with Crippen molar-refractivity contribution in [1.29, 1.82) is 0 Å². The van der Waals surface area contributed by atoms with Gasteiger partial charge in [0.05, 0.1) is 0 Å². The third kappa shape index (κ3) is 2.10. The van der Waals surface area contributed by atoms with Gasteiger partial charge in [-0.3, -0.25) is 4.40 Å². The van der Waals surface area contributed by atoms with E-state index in [4.69, 9.17) is 5.73 Å². The zero-order valence-electron chi connectivity index (χ0n) is 10.8. The SMILES string of the molecule is Cc1cc2nnc(CC3(N)CCCCC3)n2cn1. The molecule has 96 valence electrons. The monoisotopic (exact) mass is 245 g/mol. The van der Waals surface area contributed by atoms with Gasteiger partial charge in [0.15, 0.2) is 5.65 Å². The van der Waals surface area contributed by atoms with Crippen molar-refractivity contribution >= 4 is 5.65 Å². The minimum atomic E-state index is -0.105. The van der Waals surface area contributed by atoms with Crippen LogP contribution in [0.4, 0.5) is 0 Å². The largest absolute Gasteiger partial charge is 0.325 e. The van der Waals surface area contributed by atoms with Crippen molar-refractivity contribution in [2.75, 3.05) is 0 Å². The van der Waals surface area contributed by atoms with Crippen molar-refractivity contribution in [2.45, 2.75) is 51.0 Å². The van der Waals surface area contributed by atoms with E-state index < -0.39 is 0 Å². The molecule has 0 saturated heterocycles. The van der Waals surface area contributed by atoms with E-state index in [1.54, 1.807) is 6.33 Å². The van der Waals surface area contributed by atoms with Crippen molar-refractivity contribution in [3.8, 4) is 0 Å². The normalized spacial score (nSPS) is 19.2. The maximum absolute atomic E-state index is 6.47. The van der Waals surface area contributed by atoms with Gasteiger partial charge in [-0.15, -0.1) is 10.2 Å². The van der Waals surface area contributed by atoms with E-state index in [1.165, 1.54) is 19.3 Å². The van der Waals surface area contributed by atoms with Crippen molar-refractivity contribution in [3.63, 3.8) is 0 Å². The number of nitrogens with zero attached hydrogens (tertiary/aromatic N) is 4. The average Bonchev–Trinajstić information content (AvgIpc) is 2.72. The van der Waals surface area contributed by atoms with Crippen LogP contribution in [0.1, 0.15) is 43.6 Å². The number of aromatic nitrogens is 4. The van der Waals surface area contributed by atoms with Gasteiger partial charge in [-0.05, 0) is 19.8 Å². The predicted molar refractivity (Wildman–Crippen MR) is 69.2 cm³/mol. The molecular formula is C13H19N5. The first kappa shape index (κ1) is 11.6. The molecule has 2 N–H and O–H groups in total. The summed E-state index contributed by atoms with van der Waals surface area (Å²) >= 11 is 0. The van der Waals surface area contributed by atoms with Crippen LogP contribution in [-0.2, 0) is 6.42 Å². The van der Waals surface area contributed by atoms with Gasteiger partial charge in [-0.25, -0.2) is 4.98 Å². The number of nitrogens with two attached hydrogens (primary N) is 1. The average molecular weight is 245 g/mol. The molecule has 0 radical (unpaired) electrons. The molecule has 1 fully saturated rings. The second-order valence-electron chi connectivity index (χ2n) is 5.47. The fraction of sp³-hybridized carbons (Fsp3) is 0.615. The van der Waals surface area contributed by atoms with Crippen LogP contribution in [0.25, 0.3) is 5.65 Å². The number of rotatable bonds is 2. The Morgan fingerprint density at radius 3 is 2.83 bits per heavy atom. The fourth-order valence-electron chi connectivity index (χ4n) is 2.80. The molecule has 0 atom stereocenters. The van der Waals surface area contributed by atoms with E-state index >= 15 is 0 Å². The molecule has 18 heavy (non-hydrogen) atoms. The van der Waals surface area contributed by atoms with Gasteiger partial charge in [0.1, 0.15) is 12.2 Å². The van der Waals surface area contributed by atoms with Crippen LogP contribution in [0.2, 0.25) is 0 Å². The smallest absolute Gasteiger partial charge is 0.163 e. The molecule has 1 aliphatic carbocycles. The van der Waals surface area contributed by atoms with Crippen LogP contribution in [0.5, 0.6) is 0 Å². The van der Waals surface area contributed by atoms with Gasteiger partial charge in [-0.1, -0.05) is 19.3 Å². The summed E-state index contributed by atoms with van der Waals surface area (Å²) in [6.07, 6.45) is 8.52. The van der Waals surface area contributed by atoms with Crippen molar-refractivity contribution in [1.82, 2.24) is 19.6 Å². The molecule has 2 aromatic rings. The molecule has 1 saturated carbocycles. The number of hydrogen-bond acceptors (Lipinski definition) is 4. The lowest BCUT2D eigenvalue weighted by Gasteiger charge is -2.32. The summed E-state index contributed by atoms with van der Waals surface area (Å²) in [5, 5.41) is 8.46. The van der Waals surface area contributed by atoms with E-state index in [0.29, 0.717) is 0 Å². The van der Waals surface area contributed by atoms with E-state index in [2.05, 4.69) is 15.2 Å². The summed E-state index contributed by atoms with van der Waals surface area (Å²) in [6, 6.07) is 1.95. The third-order valence-corrected chi connectivity index (χ3v) is 3.87. The zero-order chi connectivity index (χ0) is 12.6. The lowest BCUT2D eigenvalue weighted by Crippen LogP contribution is -2.44. The van der Waals surface area contributed by atoms with Gasteiger partial charge in [0.2, 0.25) is 0 Å². The Bertz CT molecular complexity index is 554. The van der Waals surface area contributed by atoms with Crippen molar-refractivity contribution < 1.29 is 0 Å². The molecule has 5 nitrogen and oxygen atoms in total. The second-order valence-corrected chi connectivity index (χ2v) is 5.47. The molecule has 0 amide bonds. The highest BCUT2D eigenvalue weighted by Gasteiger charge is 2.29. The molecular weight excluding hydrogens is 226 g/mol. The van der Waals surface area contributed by atoms with Gasteiger partial charge >= 0.3 is 0 Å². The van der Waals surface area contributed by atoms with Gasteiger partial charge < -0.3 is 5.73 Å². The lowest BCUT2D eigenvalue weighted by molar-refractivity contribution is 0.289. The molecule has 1 aliphatic rings. The standard InChI is InChI=1S/C13H19N5/c1-10-7-11-16-17-12(18(11)9-15-10)8-13(14)5-3-2-4-6-13/h7,9H,2-6,8,14H2,1H3. The van der Waals surface area contributed by atoms with E-state index in [9.17, 15) is 0 Å². The third-order valence-electron chi connectivity index (χ3n) is 3.87. The van der Waals surface area contributed by atoms with Crippen LogP contribution in [0.3, 0.4) is 0 Å². The van der Waals surface area contributed by atoms with Crippen LogP contribution in [0.15, 0.2) is 12.4 Å². The predicted octanol–water partition coefficient (Wildman–Crippen LogP) is 1.64. The molecule has 0 unspecified atom stereocenters. The summed E-state index contributed by atoms with van der Waals surface area (Å²) in [5.74, 6) is 0.932. The quantitative estimate of drug-likeness (QED) is 0.873. The fourth-order valence-corrected chi connectivity index (χ4v) is 2.80. The summed E-state index contributed by atoms with van der Waals surface area (Å²) in [4.78, 5) is 4.30. The Hall–Kier alpha value is -1.49. The second kappa shape index (κ2) is 4.31. The first-order valence-electron chi connectivity index (χ1n) is 6.61. The topological polar surface area (TPSA) is 69.1 Å². The molecule has 2 heterocycles. The van der Waals surface area contributed by atoms with Crippen LogP contribution >= 0.6 is 0 Å². The summed E-state index contributed by atoms with van der Waals surface area (Å²) in [5.41, 5.74) is 8.18. The lowest BCUT2D eigenvalue weighted by atomic mass is 9.80. The summed E-state index contributed by atoms with van der Waals surface area (Å²) < 4.78 is 1.95. The van der Waals surface area contributed by atoms with E-state index in [-0.39, 0.29) is 5.54 Å². The highest BCUT2D eigenvalue weighted by molar-refractivity contribution is 5.38. The molecule has 0 aliphatic heterocycles. The number of hydrogen-bond donors (Lipinski definition) is 1. The maximum Gasteiger partial charge on any atom is 0.163 e. The highest BCUT2D eigenvalue weighted by Crippen LogP contribution is 2.28. The van der Waals surface area contributed by atoms with Crippen molar-refractivity contribution in [3.05, 3.63) is 23.9 Å². The molecule has 2 aromatic heterocycles. The Labute approximate surface area is 106 Å². The van der Waals surface area contributed by atoms with Crippen LogP contribution < -0.4 is 5.73 Å². The van der Waals surface area contributed by atoms with Gasteiger partial charge in [0, 0.05) is 23.7 Å². The Kier molecular flexibility index (Phi) is 2.78. The Balaban J connectivity index is 1.90. The van der Waals surface area contributed by atoms with Gasteiger partial charge in [-0.2, -0.15) is 0 Å². The molecule has 0 spiro atoms. The van der Waals surface area contributed by atoms with Crippen LogP contribution in [0, 0.1) is 6.92 Å². The Morgan fingerprint density at radius 2 is 2.06 bits per heavy atom. The maximum atomic E-state index is 6.47. The minimum Gasteiger partial charge on any atom is -0.325 e. The molecule has 5 heteroatoms. The molecule has 0 aromatic carbocycles. The van der Waals surface area contributed by atoms with E-state index in [0.717, 1.165) is 36.4 Å². The first-order chi connectivity index (χ1) is 8.66. The molecule has 3 rings (SSSR count). The van der Waals surface area contributed by atoms with Crippen LogP contribution in [-0.4, -0.2) is 25.1 Å². The minimum absolute atomic E-state index is 0.105. The van der Waals surface area contributed by atoms with Gasteiger partial charge in [0.25, 0.3) is 0 Å². The summed E-state index contributed by atoms with van der Waals surface area (Å²) in [6.45, 7) is 1.96. The number of fused-ring (bicyclic) bond motifs is 1. The molecule has 0 bridgehead atoms. The Morgan fingerprint density at radius 1 is 1.28 bits per heavy atom. The van der Waals surface area contributed by atoms with E-state index in [1.807, 2.05) is 17.4 Å².